The van der Waals surface area contributed by atoms with Gasteiger partial charge < -0.3 is 20.5 Å². The fourth-order valence-electron chi connectivity index (χ4n) is 6.59. The highest BCUT2D eigenvalue weighted by Gasteiger charge is 2.66. The van der Waals surface area contributed by atoms with Gasteiger partial charge in [-0.2, -0.15) is 0 Å². The van der Waals surface area contributed by atoms with Crippen molar-refractivity contribution in [3.8, 4) is 5.75 Å². The number of aromatic carboxylic acids is 1. The van der Waals surface area contributed by atoms with Gasteiger partial charge in [-0.15, -0.1) is 0 Å². The molecule has 11 heteroatoms. The Kier molecular flexibility index (Phi) is 8.05. The summed E-state index contributed by atoms with van der Waals surface area (Å²) in [7, 11) is 1.28. The molecule has 2 aliphatic heterocycles. The number of Topliss-reactive ketones (excluding diaryl/α,β-unsaturated/α-hetero) is 1. The Labute approximate surface area is 257 Å². The molecule has 4 atom stereocenters. The number of fused-ring (bicyclic) bond motifs is 2. The van der Waals surface area contributed by atoms with E-state index >= 15 is 4.39 Å². The highest BCUT2D eigenvalue weighted by molar-refractivity contribution is 6.31. The molecule has 7 nitrogen and oxygen atoms in total. The molecule has 3 N–H and O–H groups in total. The molecule has 0 radical (unpaired) electrons. The zero-order valence-electron chi connectivity index (χ0n) is 23.9. The summed E-state index contributed by atoms with van der Waals surface area (Å²) >= 11 is 12.5. The van der Waals surface area contributed by atoms with Gasteiger partial charge in [-0.05, 0) is 53.3 Å². The van der Waals surface area contributed by atoms with Gasteiger partial charge in [0.25, 0.3) is 0 Å². The van der Waals surface area contributed by atoms with Gasteiger partial charge >= 0.3 is 5.97 Å². The van der Waals surface area contributed by atoms with Gasteiger partial charge in [0.2, 0.25) is 5.91 Å². The highest BCUT2D eigenvalue weighted by atomic mass is 35.5. The van der Waals surface area contributed by atoms with E-state index in [9.17, 15) is 23.9 Å². The molecule has 0 aliphatic carbocycles. The van der Waals surface area contributed by atoms with Crippen molar-refractivity contribution in [2.45, 2.75) is 57.0 Å². The van der Waals surface area contributed by atoms with Crippen molar-refractivity contribution >= 4 is 46.5 Å². The third kappa shape index (κ3) is 5.28. The summed E-state index contributed by atoms with van der Waals surface area (Å²) in [6, 6.07) is 9.66. The number of carbonyl (C=O) groups is 3. The summed E-state index contributed by atoms with van der Waals surface area (Å²) in [5, 5.41) is 15.9. The first-order chi connectivity index (χ1) is 20.2. The number of hydrogen-bond acceptors (Lipinski definition) is 5. The quantitative estimate of drug-likeness (QED) is 0.274. The van der Waals surface area contributed by atoms with Crippen molar-refractivity contribution in [3.05, 3.63) is 92.5 Å². The number of amides is 1. The minimum Gasteiger partial charge on any atom is -0.496 e. The smallest absolute Gasteiger partial charge is 0.338 e. The van der Waals surface area contributed by atoms with Crippen LogP contribution in [0.25, 0.3) is 0 Å². The van der Waals surface area contributed by atoms with Gasteiger partial charge in [-0.1, -0.05) is 62.2 Å². The fourth-order valence-corrected chi connectivity index (χ4v) is 6.94. The van der Waals surface area contributed by atoms with Crippen molar-refractivity contribution < 1.29 is 33.0 Å². The lowest BCUT2D eigenvalue weighted by atomic mass is 9.62. The van der Waals surface area contributed by atoms with Crippen LogP contribution in [-0.2, 0) is 21.4 Å². The second-order valence-electron chi connectivity index (χ2n) is 12.2. The van der Waals surface area contributed by atoms with Crippen molar-refractivity contribution in [1.82, 2.24) is 5.32 Å². The predicted molar refractivity (Wildman–Crippen MR) is 159 cm³/mol. The van der Waals surface area contributed by atoms with Gasteiger partial charge in [-0.3, -0.25) is 9.59 Å². The topological polar surface area (TPSA) is 105 Å². The Morgan fingerprint density at radius 3 is 2.47 bits per heavy atom. The molecule has 226 valence electrons. The maximum Gasteiger partial charge on any atom is 0.338 e. The number of halogens is 4. The summed E-state index contributed by atoms with van der Waals surface area (Å²) in [6.07, 6.45) is 0.0416. The van der Waals surface area contributed by atoms with E-state index in [1.165, 1.54) is 19.2 Å². The summed E-state index contributed by atoms with van der Waals surface area (Å²) in [5.74, 6) is -5.22. The van der Waals surface area contributed by atoms with E-state index in [-0.39, 0.29) is 33.7 Å². The van der Waals surface area contributed by atoms with E-state index in [0.717, 1.165) is 12.1 Å². The van der Waals surface area contributed by atoms with Crippen LogP contribution in [-0.4, -0.2) is 42.0 Å². The maximum absolute atomic E-state index is 15.9. The Bertz CT molecular complexity index is 1660. The zero-order chi connectivity index (χ0) is 31.4. The van der Waals surface area contributed by atoms with Gasteiger partial charge in [0, 0.05) is 34.7 Å². The van der Waals surface area contributed by atoms with Crippen molar-refractivity contribution in [2.24, 2.45) is 5.41 Å². The number of nitrogens with one attached hydrogen (secondary N) is 2. The summed E-state index contributed by atoms with van der Waals surface area (Å²) in [6.45, 7) is 6.00. The Morgan fingerprint density at radius 2 is 1.81 bits per heavy atom. The summed E-state index contributed by atoms with van der Waals surface area (Å²) in [4.78, 5) is 40.0. The molecule has 43 heavy (non-hydrogen) atoms. The number of carboxylic acids is 1. The zero-order valence-corrected chi connectivity index (χ0v) is 25.4. The number of carboxylic acid groups (broad SMARTS) is 1. The average molecular weight is 632 g/mol. The third-order valence-corrected chi connectivity index (χ3v) is 8.78. The largest absolute Gasteiger partial charge is 0.496 e. The molecule has 0 saturated carbocycles. The number of anilines is 1. The predicted octanol–water partition coefficient (Wildman–Crippen LogP) is 6.54. The number of benzene rings is 3. The van der Waals surface area contributed by atoms with Gasteiger partial charge in [-0.25, -0.2) is 13.6 Å². The minimum atomic E-state index is -1.49. The summed E-state index contributed by atoms with van der Waals surface area (Å²) in [5.41, 5.74) is -1.15. The Morgan fingerprint density at radius 1 is 1.09 bits per heavy atom. The van der Waals surface area contributed by atoms with Gasteiger partial charge in [0.05, 0.1) is 23.7 Å². The molecule has 1 saturated heterocycles. The monoisotopic (exact) mass is 630 g/mol. The van der Waals surface area contributed by atoms with Crippen LogP contribution in [0.2, 0.25) is 10.0 Å². The molecular weight excluding hydrogens is 601 g/mol. The lowest BCUT2D eigenvalue weighted by molar-refractivity contribution is -0.122. The molecule has 5 rings (SSSR count). The number of ketones is 1. The SMILES string of the molecule is COc1cc(C(=O)O)c(F)cc1CC(=O)[C@@H]1N[C@@H](CC(C)(C)C)[C@@]2(C(=O)Nc3cc(Cl)ccc32)[C@H]1c1cccc(Cl)c1F. The van der Waals surface area contributed by atoms with Gasteiger partial charge in [0.1, 0.15) is 22.8 Å². The molecular formula is C32H30Cl2F2N2O5. The summed E-state index contributed by atoms with van der Waals surface area (Å²) < 4.78 is 36.0. The fraction of sp³-hybridized carbons (Fsp3) is 0.344. The lowest BCUT2D eigenvalue weighted by Crippen LogP contribution is -2.49. The van der Waals surface area contributed by atoms with Crippen LogP contribution < -0.4 is 15.4 Å². The molecule has 1 spiro atoms. The molecule has 0 aromatic heterocycles. The van der Waals surface area contributed by atoms with Crippen LogP contribution in [0.15, 0.2) is 48.5 Å². The minimum absolute atomic E-state index is 0.00943. The number of carbonyl (C=O) groups excluding carboxylic acids is 2. The molecule has 0 bridgehead atoms. The van der Waals surface area contributed by atoms with Crippen molar-refractivity contribution in [1.29, 1.82) is 0 Å². The average Bonchev–Trinajstić information content (AvgIpc) is 3.39. The normalized spacial score (nSPS) is 22.9. The molecule has 1 fully saturated rings. The molecule has 3 aromatic rings. The van der Waals surface area contributed by atoms with Crippen LogP contribution in [0.4, 0.5) is 14.5 Å². The van der Waals surface area contributed by atoms with Gasteiger partial charge in [0.15, 0.2) is 5.78 Å². The lowest BCUT2D eigenvalue weighted by Gasteiger charge is -2.37. The van der Waals surface area contributed by atoms with Crippen LogP contribution in [0.3, 0.4) is 0 Å². The molecule has 2 heterocycles. The van der Waals surface area contributed by atoms with Crippen LogP contribution >= 0.6 is 23.2 Å². The van der Waals surface area contributed by atoms with Crippen molar-refractivity contribution in [2.75, 3.05) is 12.4 Å². The van der Waals surface area contributed by atoms with E-state index in [0.29, 0.717) is 22.7 Å². The van der Waals surface area contributed by atoms with E-state index in [2.05, 4.69) is 10.6 Å². The molecule has 1 amide bonds. The van der Waals surface area contributed by atoms with Crippen LogP contribution in [0, 0.1) is 17.0 Å². The number of rotatable bonds is 7. The highest BCUT2D eigenvalue weighted by Crippen LogP contribution is 2.57. The maximum atomic E-state index is 15.9. The van der Waals surface area contributed by atoms with Crippen LogP contribution in [0.1, 0.15) is 60.2 Å². The first-order valence-corrected chi connectivity index (χ1v) is 14.4. The van der Waals surface area contributed by atoms with E-state index in [1.54, 1.807) is 24.3 Å². The number of hydrogen-bond donors (Lipinski definition) is 3. The van der Waals surface area contributed by atoms with E-state index in [4.69, 9.17) is 27.9 Å². The standard InChI is InChI=1S/C32H30Cl2F2N2O5/c1-31(2,3)14-25-32(19-9-8-16(33)12-22(19)37-30(32)42)26(17-6-5-7-20(34)27(17)36)28(38-25)23(39)11-15-10-21(35)18(29(40)41)13-24(15)43-4/h5-10,12-13,25-26,28,38H,11,14H2,1-4H3,(H,37,42)(H,40,41)/t25-,26-,28-,32+/m0/s1. The molecule has 0 unspecified atom stereocenters. The number of methoxy groups -OCH3 is 1. The molecule has 3 aromatic carbocycles. The first-order valence-electron chi connectivity index (χ1n) is 13.6. The first kappa shape index (κ1) is 30.9. The Balaban J connectivity index is 1.71. The third-order valence-electron chi connectivity index (χ3n) is 8.25. The Hall–Kier alpha value is -3.53. The van der Waals surface area contributed by atoms with E-state index in [1.807, 2.05) is 20.8 Å². The second-order valence-corrected chi connectivity index (χ2v) is 13.0. The van der Waals surface area contributed by atoms with Crippen LogP contribution in [0.5, 0.6) is 5.75 Å². The molecule has 2 aliphatic rings. The van der Waals surface area contributed by atoms with Crippen molar-refractivity contribution in [3.63, 3.8) is 0 Å². The second kappa shape index (κ2) is 11.2. The van der Waals surface area contributed by atoms with E-state index < -0.39 is 58.3 Å². The number of ether oxygens (including phenoxy) is 1.